The van der Waals surface area contributed by atoms with E-state index in [1.54, 1.807) is 0 Å². The Morgan fingerprint density at radius 3 is 0.979 bits per heavy atom. The standard InChI is InChI=1S/C46H90O2/c1-5-9-13-17-21-23-24-25-26-27-28-29-31-33-37-41-45(47)48-46(42-38-34-19-15-11-7-3,43-39-35-20-16-12-8-4)44-40-36-32-30-22-18-14-10-6-2/h25-26H,5-24,27-44H2,1-4H3/b26-25-. The van der Waals surface area contributed by atoms with Crippen LogP contribution in [0.4, 0.5) is 0 Å². The molecule has 2 nitrogen and oxygen atoms in total. The summed E-state index contributed by atoms with van der Waals surface area (Å²) in [6.07, 6.45) is 53.3. The molecule has 0 bridgehead atoms. The smallest absolute Gasteiger partial charge is 0.306 e. The van der Waals surface area contributed by atoms with Gasteiger partial charge in [-0.3, -0.25) is 4.79 Å². The lowest BCUT2D eigenvalue weighted by Crippen LogP contribution is -2.35. The maximum absolute atomic E-state index is 13.4. The first kappa shape index (κ1) is 47.2. The zero-order chi connectivity index (χ0) is 35.1. The van der Waals surface area contributed by atoms with Gasteiger partial charge in [-0.15, -0.1) is 0 Å². The number of esters is 1. The molecule has 0 spiro atoms. The van der Waals surface area contributed by atoms with Crippen LogP contribution in [0.25, 0.3) is 0 Å². The van der Waals surface area contributed by atoms with Crippen LogP contribution in [0, 0.1) is 0 Å². The third kappa shape index (κ3) is 33.7. The van der Waals surface area contributed by atoms with Crippen LogP contribution >= 0.6 is 0 Å². The fourth-order valence-corrected chi connectivity index (χ4v) is 7.37. The average molecular weight is 675 g/mol. The Labute approximate surface area is 304 Å². The third-order valence-corrected chi connectivity index (χ3v) is 10.7. The van der Waals surface area contributed by atoms with Gasteiger partial charge in [0.05, 0.1) is 0 Å². The molecule has 0 aliphatic rings. The van der Waals surface area contributed by atoms with Gasteiger partial charge in [0.15, 0.2) is 0 Å². The molecule has 0 aromatic heterocycles. The lowest BCUT2D eigenvalue weighted by molar-refractivity contribution is -0.163. The minimum atomic E-state index is -0.213. The van der Waals surface area contributed by atoms with Crippen LogP contribution in [0.3, 0.4) is 0 Å². The van der Waals surface area contributed by atoms with Gasteiger partial charge in [-0.2, -0.15) is 0 Å². The first-order chi connectivity index (χ1) is 23.6. The molecule has 0 atom stereocenters. The fraction of sp³-hybridized carbons (Fsp3) is 0.935. The molecule has 48 heavy (non-hydrogen) atoms. The van der Waals surface area contributed by atoms with Crippen LogP contribution in [0.15, 0.2) is 12.2 Å². The minimum Gasteiger partial charge on any atom is -0.459 e. The van der Waals surface area contributed by atoms with Gasteiger partial charge in [0.1, 0.15) is 5.60 Å². The highest BCUT2D eigenvalue weighted by Crippen LogP contribution is 2.34. The Hall–Kier alpha value is -0.790. The Balaban J connectivity index is 4.72. The lowest BCUT2D eigenvalue weighted by atomic mass is 9.84. The second kappa shape index (κ2) is 39.0. The van der Waals surface area contributed by atoms with Gasteiger partial charge in [0.2, 0.25) is 0 Å². The highest BCUT2D eigenvalue weighted by atomic mass is 16.6. The van der Waals surface area contributed by atoms with Gasteiger partial charge < -0.3 is 4.74 Å². The molecule has 0 fully saturated rings. The number of carbonyl (C=O) groups excluding carboxylic acids is 1. The van der Waals surface area contributed by atoms with Crippen molar-refractivity contribution in [3.63, 3.8) is 0 Å². The Bertz CT molecular complexity index is 636. The van der Waals surface area contributed by atoms with Crippen LogP contribution in [0.2, 0.25) is 0 Å². The molecule has 0 heterocycles. The number of rotatable bonds is 40. The zero-order valence-corrected chi connectivity index (χ0v) is 33.8. The third-order valence-electron chi connectivity index (χ3n) is 10.7. The predicted octanol–water partition coefficient (Wildman–Crippen LogP) is 16.7. The van der Waals surface area contributed by atoms with Crippen LogP contribution in [-0.2, 0) is 9.53 Å². The van der Waals surface area contributed by atoms with Crippen molar-refractivity contribution < 1.29 is 9.53 Å². The van der Waals surface area contributed by atoms with E-state index in [1.165, 1.54) is 205 Å². The highest BCUT2D eigenvalue weighted by Gasteiger charge is 2.32. The number of unbranched alkanes of at least 4 members (excludes halogenated alkanes) is 29. The summed E-state index contributed by atoms with van der Waals surface area (Å²) in [7, 11) is 0. The molecule has 2 heteroatoms. The topological polar surface area (TPSA) is 26.3 Å². The van der Waals surface area contributed by atoms with Gasteiger partial charge in [-0.05, 0) is 70.6 Å². The van der Waals surface area contributed by atoms with Crippen molar-refractivity contribution in [2.45, 2.75) is 277 Å². The van der Waals surface area contributed by atoms with Crippen molar-refractivity contribution in [1.82, 2.24) is 0 Å². The van der Waals surface area contributed by atoms with E-state index >= 15 is 0 Å². The second-order valence-corrected chi connectivity index (χ2v) is 15.6. The van der Waals surface area contributed by atoms with Crippen LogP contribution < -0.4 is 0 Å². The highest BCUT2D eigenvalue weighted by molar-refractivity contribution is 5.69. The van der Waals surface area contributed by atoms with Crippen molar-refractivity contribution >= 4 is 5.97 Å². The molecule has 0 radical (unpaired) electrons. The summed E-state index contributed by atoms with van der Waals surface area (Å²) in [5.41, 5.74) is -0.213. The summed E-state index contributed by atoms with van der Waals surface area (Å²) in [5, 5.41) is 0. The van der Waals surface area contributed by atoms with E-state index in [0.29, 0.717) is 6.42 Å². The largest absolute Gasteiger partial charge is 0.459 e. The molecule has 0 amide bonds. The molecule has 0 saturated carbocycles. The van der Waals surface area contributed by atoms with Crippen molar-refractivity contribution in [1.29, 1.82) is 0 Å². The van der Waals surface area contributed by atoms with E-state index in [2.05, 4.69) is 39.8 Å². The predicted molar refractivity (Wildman–Crippen MR) is 216 cm³/mol. The quantitative estimate of drug-likeness (QED) is 0.0367. The summed E-state index contributed by atoms with van der Waals surface area (Å²) in [4.78, 5) is 13.4. The monoisotopic (exact) mass is 675 g/mol. The molecule has 286 valence electrons. The first-order valence-electron chi connectivity index (χ1n) is 22.5. The van der Waals surface area contributed by atoms with Crippen LogP contribution in [0.1, 0.15) is 272 Å². The molecular formula is C46H90O2. The average Bonchev–Trinajstić information content (AvgIpc) is 3.08. The molecule has 0 saturated heterocycles. The van der Waals surface area contributed by atoms with E-state index in [1.807, 2.05) is 0 Å². The van der Waals surface area contributed by atoms with E-state index in [-0.39, 0.29) is 11.6 Å². The van der Waals surface area contributed by atoms with Crippen molar-refractivity contribution in [2.75, 3.05) is 0 Å². The van der Waals surface area contributed by atoms with Gasteiger partial charge >= 0.3 is 5.97 Å². The van der Waals surface area contributed by atoms with Gasteiger partial charge in [-0.25, -0.2) is 0 Å². The summed E-state index contributed by atoms with van der Waals surface area (Å²) in [6, 6.07) is 0. The molecule has 0 rings (SSSR count). The molecular weight excluding hydrogens is 585 g/mol. The minimum absolute atomic E-state index is 0.0977. The molecule has 0 N–H and O–H groups in total. The second-order valence-electron chi connectivity index (χ2n) is 15.6. The Kier molecular flexibility index (Phi) is 38.4. The van der Waals surface area contributed by atoms with Crippen molar-refractivity contribution in [3.05, 3.63) is 12.2 Å². The van der Waals surface area contributed by atoms with Gasteiger partial charge in [0, 0.05) is 6.42 Å². The van der Waals surface area contributed by atoms with Crippen molar-refractivity contribution in [2.24, 2.45) is 0 Å². The number of ether oxygens (including phenoxy) is 1. The maximum Gasteiger partial charge on any atom is 0.306 e. The van der Waals surface area contributed by atoms with Gasteiger partial charge in [-0.1, -0.05) is 207 Å². The Morgan fingerprint density at radius 2 is 0.646 bits per heavy atom. The summed E-state index contributed by atoms with van der Waals surface area (Å²) in [6.45, 7) is 9.18. The van der Waals surface area contributed by atoms with E-state index < -0.39 is 0 Å². The maximum atomic E-state index is 13.4. The van der Waals surface area contributed by atoms with Gasteiger partial charge in [0.25, 0.3) is 0 Å². The van der Waals surface area contributed by atoms with Crippen LogP contribution in [-0.4, -0.2) is 11.6 Å². The molecule has 0 aromatic rings. The molecule has 0 aromatic carbocycles. The number of hydrogen-bond donors (Lipinski definition) is 0. The fourth-order valence-electron chi connectivity index (χ4n) is 7.37. The SMILES string of the molecule is CCCCCCCC/C=C\CCCCCCCC(=O)OC(CCCCCCCC)(CCCCCCCC)CCCCCCCCCCC. The number of carbonyl (C=O) groups is 1. The number of allylic oxidation sites excluding steroid dienone is 2. The Morgan fingerprint density at radius 1 is 0.375 bits per heavy atom. The summed E-state index contributed by atoms with van der Waals surface area (Å²) >= 11 is 0. The van der Waals surface area contributed by atoms with E-state index in [0.717, 1.165) is 32.1 Å². The van der Waals surface area contributed by atoms with Crippen molar-refractivity contribution in [3.8, 4) is 0 Å². The zero-order valence-electron chi connectivity index (χ0n) is 33.8. The number of hydrogen-bond acceptors (Lipinski definition) is 2. The molecule has 0 unspecified atom stereocenters. The van der Waals surface area contributed by atoms with E-state index in [9.17, 15) is 4.79 Å². The summed E-state index contributed by atoms with van der Waals surface area (Å²) in [5.74, 6) is 0.0977. The lowest BCUT2D eigenvalue weighted by Gasteiger charge is -2.34. The van der Waals surface area contributed by atoms with Crippen LogP contribution in [0.5, 0.6) is 0 Å². The summed E-state index contributed by atoms with van der Waals surface area (Å²) < 4.78 is 6.64. The normalized spacial score (nSPS) is 12.0. The molecule has 0 aliphatic carbocycles. The molecule has 0 aliphatic heterocycles. The first-order valence-corrected chi connectivity index (χ1v) is 22.5. The van der Waals surface area contributed by atoms with E-state index in [4.69, 9.17) is 4.74 Å².